The van der Waals surface area contributed by atoms with Crippen LogP contribution in [0.25, 0.3) is 0 Å². The number of rotatable bonds is 5. The van der Waals surface area contributed by atoms with Gasteiger partial charge in [0.2, 0.25) is 0 Å². The van der Waals surface area contributed by atoms with Gasteiger partial charge >= 0.3 is 0 Å². The summed E-state index contributed by atoms with van der Waals surface area (Å²) in [4.78, 5) is 0. The van der Waals surface area contributed by atoms with Crippen LogP contribution in [0.5, 0.6) is 0 Å². The molecule has 0 aliphatic carbocycles. The zero-order valence-corrected chi connectivity index (χ0v) is 11.4. The van der Waals surface area contributed by atoms with E-state index in [0.29, 0.717) is 0 Å². The lowest BCUT2D eigenvalue weighted by molar-refractivity contribution is 0.802. The van der Waals surface area contributed by atoms with Crippen molar-refractivity contribution in [2.24, 2.45) is 0 Å². The summed E-state index contributed by atoms with van der Waals surface area (Å²) in [6.07, 6.45) is 6.35. The second kappa shape index (κ2) is 5.98. The lowest BCUT2D eigenvalue weighted by Crippen LogP contribution is -2.24. The fourth-order valence-electron chi connectivity index (χ4n) is 1.24. The monoisotopic (exact) mass is 248 g/mol. The van der Waals surface area contributed by atoms with Gasteiger partial charge in [-0.25, -0.2) is 0 Å². The first kappa shape index (κ1) is 12.4. The molecule has 0 unspecified atom stereocenters. The van der Waals surface area contributed by atoms with Gasteiger partial charge in [-0.15, -0.1) is 0 Å². The molecular weight excluding hydrogens is 228 g/mol. The van der Waals surface area contributed by atoms with Crippen molar-refractivity contribution in [3.63, 3.8) is 0 Å². The first-order valence-corrected chi connectivity index (χ1v) is 9.40. The predicted molar refractivity (Wildman–Crippen MR) is 64.7 cm³/mol. The molecule has 12 heavy (non-hydrogen) atoms. The smallest absolute Gasteiger partial charge is 0.0720 e. The summed E-state index contributed by atoms with van der Waals surface area (Å²) >= 11 is 3.48. The summed E-state index contributed by atoms with van der Waals surface area (Å²) in [5.41, 5.74) is 0. The summed E-state index contributed by atoms with van der Waals surface area (Å²) in [6.45, 7) is 9.54. The van der Waals surface area contributed by atoms with Crippen LogP contribution in [0.1, 0.15) is 26.2 Å². The van der Waals surface area contributed by atoms with Crippen molar-refractivity contribution in [2.75, 3.05) is 5.33 Å². The summed E-state index contributed by atoms with van der Waals surface area (Å²) < 4.78 is 0. The fraction of sp³-hybridized carbons (Fsp3) is 0.800. The molecular formula is C10H21BrSi. The van der Waals surface area contributed by atoms with Crippen molar-refractivity contribution in [3.05, 3.63) is 11.3 Å². The molecule has 0 aliphatic rings. The van der Waals surface area contributed by atoms with Crippen molar-refractivity contribution in [1.29, 1.82) is 0 Å². The van der Waals surface area contributed by atoms with Gasteiger partial charge in [-0.05, 0) is 6.42 Å². The van der Waals surface area contributed by atoms with E-state index < -0.39 is 8.07 Å². The van der Waals surface area contributed by atoms with Crippen molar-refractivity contribution in [3.8, 4) is 0 Å². The normalized spacial score (nSPS) is 13.6. The molecule has 0 atom stereocenters. The highest BCUT2D eigenvalue weighted by Crippen LogP contribution is 2.20. The van der Waals surface area contributed by atoms with Crippen LogP contribution in [0, 0.1) is 0 Å². The molecule has 72 valence electrons. The van der Waals surface area contributed by atoms with Gasteiger partial charge in [0, 0.05) is 5.33 Å². The number of allylic oxidation sites excluding steroid dienone is 2. The van der Waals surface area contributed by atoms with E-state index in [4.69, 9.17) is 0 Å². The van der Waals surface area contributed by atoms with Crippen LogP contribution in [-0.2, 0) is 0 Å². The molecule has 0 saturated heterocycles. The SMILES string of the molecule is CCCC/C(=C\CBr)[Si](C)(C)C. The third kappa shape index (κ3) is 5.15. The second-order valence-electron chi connectivity index (χ2n) is 4.24. The summed E-state index contributed by atoms with van der Waals surface area (Å²) in [7, 11) is -1.01. The lowest BCUT2D eigenvalue weighted by atomic mass is 10.2. The molecule has 2 heteroatoms. The third-order valence-electron chi connectivity index (χ3n) is 2.09. The van der Waals surface area contributed by atoms with Gasteiger partial charge in [-0.1, -0.05) is 66.6 Å². The Bertz CT molecular complexity index is 144. The van der Waals surface area contributed by atoms with Gasteiger partial charge < -0.3 is 0 Å². The van der Waals surface area contributed by atoms with Crippen LogP contribution in [0.3, 0.4) is 0 Å². The van der Waals surface area contributed by atoms with Gasteiger partial charge in [-0.3, -0.25) is 0 Å². The molecule has 0 radical (unpaired) electrons. The zero-order chi connectivity index (χ0) is 9.61. The van der Waals surface area contributed by atoms with Gasteiger partial charge in [0.05, 0.1) is 8.07 Å². The maximum atomic E-state index is 3.48. The lowest BCUT2D eigenvalue weighted by Gasteiger charge is -2.20. The topological polar surface area (TPSA) is 0 Å². The molecule has 0 aromatic rings. The number of alkyl halides is 1. The molecule has 0 saturated carbocycles. The van der Waals surface area contributed by atoms with Crippen molar-refractivity contribution in [2.45, 2.75) is 45.8 Å². The third-order valence-corrected chi connectivity index (χ3v) is 4.79. The molecule has 0 aromatic heterocycles. The first-order chi connectivity index (χ1) is 5.52. The second-order valence-corrected chi connectivity index (χ2v) is 10.0. The van der Waals surface area contributed by atoms with Crippen molar-refractivity contribution < 1.29 is 0 Å². The molecule has 0 N–H and O–H groups in total. The molecule has 0 spiro atoms. The van der Waals surface area contributed by atoms with E-state index in [9.17, 15) is 0 Å². The highest BCUT2D eigenvalue weighted by molar-refractivity contribution is 9.09. The van der Waals surface area contributed by atoms with Crippen LogP contribution in [0.15, 0.2) is 11.3 Å². The number of hydrogen-bond acceptors (Lipinski definition) is 0. The van der Waals surface area contributed by atoms with Gasteiger partial charge in [-0.2, -0.15) is 0 Å². The van der Waals surface area contributed by atoms with Crippen molar-refractivity contribution >= 4 is 24.0 Å². The Labute approximate surface area is 86.6 Å². The van der Waals surface area contributed by atoms with Gasteiger partial charge in [0.15, 0.2) is 0 Å². The Morgan fingerprint density at radius 3 is 2.25 bits per heavy atom. The van der Waals surface area contributed by atoms with E-state index in [0.717, 1.165) is 5.33 Å². The molecule has 0 heterocycles. The largest absolute Gasteiger partial charge is 0.0883 e. The number of hydrogen-bond donors (Lipinski definition) is 0. The zero-order valence-electron chi connectivity index (χ0n) is 8.78. The molecule has 0 aromatic carbocycles. The highest BCUT2D eigenvalue weighted by atomic mass is 79.9. The Balaban J connectivity index is 4.15. The summed E-state index contributed by atoms with van der Waals surface area (Å²) in [5, 5.41) is 2.75. The molecule has 0 aliphatic heterocycles. The van der Waals surface area contributed by atoms with E-state index in [1.54, 1.807) is 5.20 Å². The van der Waals surface area contributed by atoms with E-state index in [1.807, 2.05) is 0 Å². The minimum absolute atomic E-state index is 1.01. The average Bonchev–Trinajstić information content (AvgIpc) is 1.95. The molecule has 0 nitrogen and oxygen atoms in total. The van der Waals surface area contributed by atoms with Crippen molar-refractivity contribution in [1.82, 2.24) is 0 Å². The van der Waals surface area contributed by atoms with Crippen LogP contribution < -0.4 is 0 Å². The van der Waals surface area contributed by atoms with Gasteiger partial charge in [0.25, 0.3) is 0 Å². The Morgan fingerprint density at radius 2 is 1.92 bits per heavy atom. The molecule has 0 amide bonds. The molecule has 0 fully saturated rings. The Morgan fingerprint density at radius 1 is 1.33 bits per heavy atom. The highest BCUT2D eigenvalue weighted by Gasteiger charge is 2.17. The standard InChI is InChI=1S/C10H21BrSi/c1-5-6-7-10(8-9-11)12(2,3)4/h8H,5-7,9H2,1-4H3/b10-8+. The minimum atomic E-state index is -1.01. The van der Waals surface area contributed by atoms with Gasteiger partial charge in [0.1, 0.15) is 0 Å². The number of unbranched alkanes of at least 4 members (excludes halogenated alkanes) is 1. The molecule has 0 rings (SSSR count). The van der Waals surface area contributed by atoms with Crippen LogP contribution in [-0.4, -0.2) is 13.4 Å². The maximum Gasteiger partial charge on any atom is 0.0720 e. The van der Waals surface area contributed by atoms with Crippen LogP contribution >= 0.6 is 15.9 Å². The summed E-state index contributed by atoms with van der Waals surface area (Å²) in [6, 6.07) is 0. The summed E-state index contributed by atoms with van der Waals surface area (Å²) in [5.74, 6) is 0. The average molecular weight is 249 g/mol. The maximum absolute atomic E-state index is 3.48. The van der Waals surface area contributed by atoms with Crippen LogP contribution in [0.2, 0.25) is 19.6 Å². The van der Waals surface area contributed by atoms with E-state index in [1.165, 1.54) is 19.3 Å². The van der Waals surface area contributed by atoms with Crippen LogP contribution in [0.4, 0.5) is 0 Å². The Kier molecular flexibility index (Phi) is 6.19. The minimum Gasteiger partial charge on any atom is -0.0883 e. The molecule has 0 bridgehead atoms. The van der Waals surface area contributed by atoms with E-state index in [2.05, 4.69) is 48.6 Å². The number of halogens is 1. The van der Waals surface area contributed by atoms with E-state index >= 15 is 0 Å². The Hall–Kier alpha value is 0.437. The van der Waals surface area contributed by atoms with E-state index in [-0.39, 0.29) is 0 Å². The predicted octanol–water partition coefficient (Wildman–Crippen LogP) is 4.38. The first-order valence-electron chi connectivity index (χ1n) is 4.77. The fourth-order valence-corrected chi connectivity index (χ4v) is 3.57. The quantitative estimate of drug-likeness (QED) is 0.501.